The highest BCUT2D eigenvalue weighted by Crippen LogP contribution is 2.45. The van der Waals surface area contributed by atoms with Gasteiger partial charge >= 0.3 is 5.97 Å². The Balaban J connectivity index is 1.53. The number of likely N-dealkylation sites (tertiary alicyclic amines) is 1. The third-order valence-electron chi connectivity index (χ3n) is 7.89. The van der Waals surface area contributed by atoms with Crippen LogP contribution in [0.25, 0.3) is 0 Å². The standard InChI is InChI=1S/C26H36N2O6/c1-32-16-17-34-28-22(29)18-21(25(31)33-2)26(28)12-14-27(15-13-26)24(30)23(20-10-6-7-11-20)19-8-4-3-5-9-19/h3-5,8-9,20-21,23H,6-7,10-18H2,1-2H3/t21-,23-/m0/s1. The summed E-state index contributed by atoms with van der Waals surface area (Å²) in [4.78, 5) is 47.0. The van der Waals surface area contributed by atoms with E-state index in [2.05, 4.69) is 12.1 Å². The second-order valence-electron chi connectivity index (χ2n) is 9.66. The summed E-state index contributed by atoms with van der Waals surface area (Å²) in [5.41, 5.74) is 0.275. The van der Waals surface area contributed by atoms with E-state index in [1.165, 1.54) is 25.0 Å². The molecule has 3 aliphatic rings. The first kappa shape index (κ1) is 24.7. The van der Waals surface area contributed by atoms with Gasteiger partial charge in [0.1, 0.15) is 0 Å². The molecule has 4 rings (SSSR count). The fourth-order valence-electron chi connectivity index (χ4n) is 6.12. The number of benzene rings is 1. The van der Waals surface area contributed by atoms with Crippen LogP contribution in [0.3, 0.4) is 0 Å². The number of esters is 1. The number of piperidine rings is 1. The zero-order valence-corrected chi connectivity index (χ0v) is 20.2. The molecule has 2 amide bonds. The molecule has 1 aromatic rings. The summed E-state index contributed by atoms with van der Waals surface area (Å²) in [6.07, 6.45) is 5.49. The minimum atomic E-state index is -0.801. The van der Waals surface area contributed by atoms with Crippen molar-refractivity contribution in [1.29, 1.82) is 0 Å². The minimum Gasteiger partial charge on any atom is -0.469 e. The Bertz CT molecular complexity index is 861. The van der Waals surface area contributed by atoms with Crippen LogP contribution >= 0.6 is 0 Å². The van der Waals surface area contributed by atoms with Gasteiger partial charge in [-0.2, -0.15) is 0 Å². The average molecular weight is 473 g/mol. The summed E-state index contributed by atoms with van der Waals surface area (Å²) >= 11 is 0. The van der Waals surface area contributed by atoms with E-state index in [1.807, 2.05) is 23.1 Å². The van der Waals surface area contributed by atoms with E-state index in [1.54, 1.807) is 7.11 Å². The molecule has 2 saturated heterocycles. The van der Waals surface area contributed by atoms with Crippen molar-refractivity contribution in [1.82, 2.24) is 9.96 Å². The third-order valence-corrected chi connectivity index (χ3v) is 7.89. The summed E-state index contributed by atoms with van der Waals surface area (Å²) in [5, 5.41) is 1.39. The first-order valence-corrected chi connectivity index (χ1v) is 12.4. The van der Waals surface area contributed by atoms with Crippen molar-refractivity contribution in [2.75, 3.05) is 40.5 Å². The van der Waals surface area contributed by atoms with Crippen LogP contribution in [0.5, 0.6) is 0 Å². The Hall–Kier alpha value is -2.45. The molecule has 0 bridgehead atoms. The number of methoxy groups -OCH3 is 2. The molecule has 1 aromatic carbocycles. The van der Waals surface area contributed by atoms with Crippen LogP contribution in [0.4, 0.5) is 0 Å². The van der Waals surface area contributed by atoms with Gasteiger partial charge in [0.2, 0.25) is 11.8 Å². The number of carbonyl (C=O) groups excluding carboxylic acids is 3. The predicted molar refractivity (Wildman–Crippen MR) is 124 cm³/mol. The van der Waals surface area contributed by atoms with Crippen LogP contribution in [-0.4, -0.2) is 73.8 Å². The Morgan fingerprint density at radius 3 is 2.35 bits per heavy atom. The maximum Gasteiger partial charge on any atom is 0.311 e. The Kier molecular flexibility index (Phi) is 7.88. The lowest BCUT2D eigenvalue weighted by atomic mass is 9.76. The Labute approximate surface area is 201 Å². The van der Waals surface area contributed by atoms with Crippen LogP contribution in [0, 0.1) is 11.8 Å². The first-order valence-electron chi connectivity index (χ1n) is 12.4. The van der Waals surface area contributed by atoms with Crippen molar-refractivity contribution in [3.8, 4) is 0 Å². The highest BCUT2D eigenvalue weighted by atomic mass is 16.7. The zero-order chi connectivity index (χ0) is 24.1. The van der Waals surface area contributed by atoms with Crippen molar-refractivity contribution < 1.29 is 28.7 Å². The Morgan fingerprint density at radius 1 is 1.06 bits per heavy atom. The lowest BCUT2D eigenvalue weighted by Crippen LogP contribution is -2.58. The van der Waals surface area contributed by atoms with Crippen LogP contribution in [-0.2, 0) is 28.7 Å². The van der Waals surface area contributed by atoms with Crippen molar-refractivity contribution in [3.63, 3.8) is 0 Å². The van der Waals surface area contributed by atoms with E-state index >= 15 is 0 Å². The van der Waals surface area contributed by atoms with Crippen molar-refractivity contribution in [3.05, 3.63) is 35.9 Å². The molecule has 1 saturated carbocycles. The van der Waals surface area contributed by atoms with Gasteiger partial charge in [-0.05, 0) is 37.2 Å². The monoisotopic (exact) mass is 472 g/mol. The number of hydroxylamine groups is 2. The Morgan fingerprint density at radius 2 is 1.74 bits per heavy atom. The quantitative estimate of drug-likeness (QED) is 0.427. The third kappa shape index (κ3) is 4.70. The average Bonchev–Trinajstić information content (AvgIpc) is 3.48. The molecule has 1 aliphatic carbocycles. The topological polar surface area (TPSA) is 85.4 Å². The van der Waals surface area contributed by atoms with E-state index < -0.39 is 17.4 Å². The van der Waals surface area contributed by atoms with Crippen molar-refractivity contribution in [2.45, 2.75) is 56.4 Å². The molecule has 0 unspecified atom stereocenters. The van der Waals surface area contributed by atoms with E-state index in [4.69, 9.17) is 14.3 Å². The van der Waals surface area contributed by atoms with Gasteiger partial charge in [-0.25, -0.2) is 5.06 Å². The first-order chi connectivity index (χ1) is 16.5. The largest absolute Gasteiger partial charge is 0.469 e. The van der Waals surface area contributed by atoms with Crippen LogP contribution < -0.4 is 0 Å². The molecule has 34 heavy (non-hydrogen) atoms. The van der Waals surface area contributed by atoms with Gasteiger partial charge in [-0.1, -0.05) is 43.2 Å². The number of ether oxygens (including phenoxy) is 2. The molecule has 0 N–H and O–H groups in total. The lowest BCUT2D eigenvalue weighted by molar-refractivity contribution is -0.226. The molecular weight excluding hydrogens is 436 g/mol. The fraction of sp³-hybridized carbons (Fsp3) is 0.654. The van der Waals surface area contributed by atoms with Gasteiger partial charge in [-0.3, -0.25) is 19.2 Å². The smallest absolute Gasteiger partial charge is 0.311 e. The van der Waals surface area contributed by atoms with Crippen LogP contribution in [0.1, 0.15) is 56.4 Å². The summed E-state index contributed by atoms with van der Waals surface area (Å²) in [6.45, 7) is 1.51. The highest BCUT2D eigenvalue weighted by molar-refractivity contribution is 5.89. The van der Waals surface area contributed by atoms with Gasteiger partial charge in [0.25, 0.3) is 0 Å². The molecule has 0 aromatic heterocycles. The van der Waals surface area contributed by atoms with Gasteiger partial charge < -0.3 is 14.4 Å². The molecule has 3 fully saturated rings. The van der Waals surface area contributed by atoms with Crippen LogP contribution in [0.2, 0.25) is 0 Å². The molecule has 2 heterocycles. The number of hydrogen-bond acceptors (Lipinski definition) is 6. The maximum absolute atomic E-state index is 13.8. The maximum atomic E-state index is 13.8. The number of amides is 2. The normalized spacial score (nSPS) is 23.5. The molecule has 2 aliphatic heterocycles. The molecule has 2 atom stereocenters. The lowest BCUT2D eigenvalue weighted by Gasteiger charge is -2.46. The van der Waals surface area contributed by atoms with Gasteiger partial charge in [0.15, 0.2) is 0 Å². The predicted octanol–water partition coefficient (Wildman–Crippen LogP) is 2.92. The molecule has 186 valence electrons. The van der Waals surface area contributed by atoms with E-state index in [9.17, 15) is 14.4 Å². The van der Waals surface area contributed by atoms with Gasteiger partial charge in [-0.15, -0.1) is 0 Å². The minimum absolute atomic E-state index is 0.0579. The fourth-order valence-corrected chi connectivity index (χ4v) is 6.12. The van der Waals surface area contributed by atoms with Crippen LogP contribution in [0.15, 0.2) is 30.3 Å². The van der Waals surface area contributed by atoms with E-state index in [0.717, 1.165) is 18.4 Å². The van der Waals surface area contributed by atoms with E-state index in [-0.39, 0.29) is 30.8 Å². The molecule has 0 radical (unpaired) electrons. The number of rotatable bonds is 8. The molecule has 8 heteroatoms. The summed E-state index contributed by atoms with van der Waals surface area (Å²) in [6, 6.07) is 10.1. The van der Waals surface area contributed by atoms with Crippen molar-refractivity contribution >= 4 is 17.8 Å². The second-order valence-corrected chi connectivity index (χ2v) is 9.66. The summed E-state index contributed by atoms with van der Waals surface area (Å²) in [7, 11) is 2.92. The zero-order valence-electron chi connectivity index (χ0n) is 20.2. The highest BCUT2D eigenvalue weighted by Gasteiger charge is 2.59. The second kappa shape index (κ2) is 10.9. The van der Waals surface area contributed by atoms with Crippen molar-refractivity contribution in [2.24, 2.45) is 11.8 Å². The summed E-state index contributed by atoms with van der Waals surface area (Å²) < 4.78 is 10.1. The van der Waals surface area contributed by atoms with Gasteiger partial charge in [0.05, 0.1) is 37.7 Å². The van der Waals surface area contributed by atoms with Gasteiger partial charge in [0, 0.05) is 26.6 Å². The van der Waals surface area contributed by atoms with E-state index in [0.29, 0.717) is 38.5 Å². The summed E-state index contributed by atoms with van der Waals surface area (Å²) in [5.74, 6) is -0.870. The molecule has 1 spiro atoms. The number of hydrogen-bond donors (Lipinski definition) is 0. The number of nitrogens with zero attached hydrogens (tertiary/aromatic N) is 2. The number of carbonyl (C=O) groups is 3. The molecule has 8 nitrogen and oxygen atoms in total. The SMILES string of the molecule is COCCON1C(=O)C[C@@H](C(=O)OC)C12CCN(C(=O)[C@@H](c1ccccc1)C1CCCC1)CC2. The molecular formula is C26H36N2O6.